The summed E-state index contributed by atoms with van der Waals surface area (Å²) in [6, 6.07) is 10.1. The lowest BCUT2D eigenvalue weighted by atomic mass is 9.97. The largest absolute Gasteiger partial charge is 0.394 e. The van der Waals surface area contributed by atoms with Gasteiger partial charge >= 0.3 is 0 Å². The number of allylic oxidation sites excluding steroid dienone is 1. The van der Waals surface area contributed by atoms with Crippen molar-refractivity contribution in [1.29, 1.82) is 0 Å². The summed E-state index contributed by atoms with van der Waals surface area (Å²) in [4.78, 5) is 0. The van der Waals surface area contributed by atoms with Gasteiger partial charge in [-0.05, 0) is 32.0 Å². The van der Waals surface area contributed by atoms with Crippen molar-refractivity contribution in [3.05, 3.63) is 47.7 Å². The fourth-order valence-corrected chi connectivity index (χ4v) is 4.21. The molecule has 1 aromatic rings. The molecule has 108 valence electrons. The molecule has 2 heteroatoms. The van der Waals surface area contributed by atoms with Gasteiger partial charge in [0.05, 0.1) is 0 Å². The van der Waals surface area contributed by atoms with Gasteiger partial charge in [-0.1, -0.05) is 67.8 Å². The summed E-state index contributed by atoms with van der Waals surface area (Å²) < 4.78 is 6.36. The van der Waals surface area contributed by atoms with Crippen molar-refractivity contribution in [3.63, 3.8) is 0 Å². The fourth-order valence-electron chi connectivity index (χ4n) is 2.18. The Morgan fingerprint density at radius 2 is 1.95 bits per heavy atom. The van der Waals surface area contributed by atoms with Crippen LogP contribution in [0.1, 0.15) is 38.7 Å². The Morgan fingerprint density at radius 3 is 2.50 bits per heavy atom. The molecule has 0 radical (unpaired) electrons. The molecule has 1 nitrogen and oxygen atoms in total. The van der Waals surface area contributed by atoms with Gasteiger partial charge in [-0.3, -0.25) is 0 Å². The summed E-state index contributed by atoms with van der Waals surface area (Å²) in [6.45, 7) is 8.57. The third-order valence-corrected chi connectivity index (χ3v) is 5.28. The van der Waals surface area contributed by atoms with Gasteiger partial charge in [-0.25, -0.2) is 0 Å². The molecular formula is C18H26OSi. The van der Waals surface area contributed by atoms with Gasteiger partial charge in [0.1, 0.15) is 5.60 Å². The molecule has 0 saturated carbocycles. The van der Waals surface area contributed by atoms with E-state index in [0.717, 1.165) is 12.0 Å². The Labute approximate surface area is 125 Å². The molecule has 1 rings (SSSR count). The second-order valence-corrected chi connectivity index (χ2v) is 9.54. The average molecular weight is 286 g/mol. The van der Waals surface area contributed by atoms with Crippen LogP contribution in [0, 0.1) is 12.3 Å². The molecule has 0 aromatic heterocycles. The lowest BCUT2D eigenvalue weighted by Crippen LogP contribution is -2.39. The molecule has 1 aromatic carbocycles. The zero-order valence-electron chi connectivity index (χ0n) is 13.1. The normalized spacial score (nSPS) is 14.9. The second-order valence-electron chi connectivity index (χ2n) is 5.79. The topological polar surface area (TPSA) is 9.23 Å². The summed E-state index contributed by atoms with van der Waals surface area (Å²) >= 11 is 0. The lowest BCUT2D eigenvalue weighted by Gasteiger charge is -2.33. The van der Waals surface area contributed by atoms with Crippen molar-refractivity contribution >= 4 is 8.32 Å². The number of unbranched alkanes of at least 4 members (excludes halogenated alkanes) is 2. The van der Waals surface area contributed by atoms with E-state index >= 15 is 0 Å². The van der Waals surface area contributed by atoms with Crippen molar-refractivity contribution < 1.29 is 4.43 Å². The number of benzene rings is 1. The molecule has 0 aliphatic heterocycles. The minimum absolute atomic E-state index is 0.647. The highest BCUT2D eigenvalue weighted by molar-refractivity contribution is 6.76. The first-order valence-corrected chi connectivity index (χ1v) is 10.3. The van der Waals surface area contributed by atoms with Crippen molar-refractivity contribution in [2.24, 2.45) is 0 Å². The van der Waals surface area contributed by atoms with Crippen LogP contribution in [0.15, 0.2) is 42.1 Å². The smallest absolute Gasteiger partial charge is 0.213 e. The first kappa shape index (κ1) is 16.8. The highest BCUT2D eigenvalue weighted by atomic mass is 28.4. The maximum atomic E-state index is 6.36. The Morgan fingerprint density at radius 1 is 1.30 bits per heavy atom. The summed E-state index contributed by atoms with van der Waals surface area (Å²) in [5, 5.41) is 0. The zero-order chi connectivity index (χ0) is 15.1. The van der Waals surface area contributed by atoms with E-state index in [1.807, 2.05) is 37.3 Å². The highest BCUT2D eigenvalue weighted by Gasteiger charge is 2.32. The van der Waals surface area contributed by atoms with Crippen LogP contribution in [-0.4, -0.2) is 8.32 Å². The van der Waals surface area contributed by atoms with Gasteiger partial charge in [0.15, 0.2) is 0 Å². The summed E-state index contributed by atoms with van der Waals surface area (Å²) in [6.07, 6.45) is 11.6. The van der Waals surface area contributed by atoms with Gasteiger partial charge in [-0.15, -0.1) is 6.42 Å². The predicted molar refractivity (Wildman–Crippen MR) is 89.9 cm³/mol. The van der Waals surface area contributed by atoms with Gasteiger partial charge in [0.2, 0.25) is 8.32 Å². The Bertz CT molecular complexity index is 470. The van der Waals surface area contributed by atoms with Crippen LogP contribution in [0.3, 0.4) is 0 Å². The van der Waals surface area contributed by atoms with E-state index in [4.69, 9.17) is 10.8 Å². The third kappa shape index (κ3) is 5.00. The minimum Gasteiger partial charge on any atom is -0.394 e. The van der Waals surface area contributed by atoms with Crippen molar-refractivity contribution in [1.82, 2.24) is 0 Å². The van der Waals surface area contributed by atoms with Crippen molar-refractivity contribution in [2.75, 3.05) is 0 Å². The number of hydrogen-bond acceptors (Lipinski definition) is 1. The van der Waals surface area contributed by atoms with E-state index in [-0.39, 0.29) is 0 Å². The molecule has 0 aliphatic carbocycles. The minimum atomic E-state index is -1.92. The lowest BCUT2D eigenvalue weighted by molar-refractivity contribution is 0.146. The molecule has 0 amide bonds. The molecular weight excluding hydrogens is 260 g/mol. The predicted octanol–water partition coefficient (Wildman–Crippen LogP) is 5.04. The number of rotatable bonds is 7. The van der Waals surface area contributed by atoms with Crippen molar-refractivity contribution in [2.45, 2.75) is 51.8 Å². The second kappa shape index (κ2) is 7.47. The van der Waals surface area contributed by atoms with E-state index in [2.05, 4.69) is 37.7 Å². The molecule has 0 fully saturated rings. The maximum absolute atomic E-state index is 6.36. The van der Waals surface area contributed by atoms with E-state index in [1.165, 1.54) is 12.8 Å². The monoisotopic (exact) mass is 286 g/mol. The van der Waals surface area contributed by atoms with Crippen LogP contribution in [0.5, 0.6) is 0 Å². The van der Waals surface area contributed by atoms with Gasteiger partial charge in [-0.2, -0.15) is 0 Å². The first-order chi connectivity index (χ1) is 9.43. The van der Waals surface area contributed by atoms with Gasteiger partial charge in [0, 0.05) is 0 Å². The zero-order valence-corrected chi connectivity index (χ0v) is 14.1. The molecule has 0 heterocycles. The van der Waals surface area contributed by atoms with Crippen LogP contribution in [0.2, 0.25) is 13.1 Å². The van der Waals surface area contributed by atoms with E-state index in [0.29, 0.717) is 0 Å². The Hall–Kier alpha value is -1.30. The summed E-state index contributed by atoms with van der Waals surface area (Å²) in [7, 11) is -1.92. The van der Waals surface area contributed by atoms with E-state index < -0.39 is 13.9 Å². The van der Waals surface area contributed by atoms with Gasteiger partial charge in [0.25, 0.3) is 0 Å². The molecule has 0 bridgehead atoms. The molecule has 0 saturated heterocycles. The van der Waals surface area contributed by atoms with Crippen LogP contribution in [0.4, 0.5) is 0 Å². The summed E-state index contributed by atoms with van der Waals surface area (Å²) in [5.74, 6) is 2.83. The Kier molecular flexibility index (Phi) is 6.26. The van der Waals surface area contributed by atoms with E-state index in [1.54, 1.807) is 0 Å². The molecule has 1 unspecified atom stereocenters. The maximum Gasteiger partial charge on any atom is 0.213 e. The summed E-state index contributed by atoms with van der Waals surface area (Å²) in [5.41, 5.74) is 2.65. The molecule has 20 heavy (non-hydrogen) atoms. The van der Waals surface area contributed by atoms with Crippen molar-refractivity contribution in [3.8, 4) is 12.3 Å². The van der Waals surface area contributed by atoms with Crippen LogP contribution in [-0.2, 0) is 10.0 Å². The SMILES string of the molecule is C#CC(C)(O[Si](C)(C)C=CCCCC)c1ccccc1. The standard InChI is InChI=1S/C18H26OSi/c1-6-8-9-13-16-20(4,5)19-18(3,7-2)17-14-11-10-12-15-17/h2,10-16H,6,8-9H2,1,3-5H3. The molecule has 0 spiro atoms. The molecule has 0 aliphatic rings. The highest BCUT2D eigenvalue weighted by Crippen LogP contribution is 2.29. The molecule has 1 atom stereocenters. The Balaban J connectivity index is 2.82. The van der Waals surface area contributed by atoms with Crippen LogP contribution >= 0.6 is 0 Å². The third-order valence-electron chi connectivity index (χ3n) is 3.31. The average Bonchev–Trinajstić information content (AvgIpc) is 2.44. The number of terminal acetylenes is 1. The quantitative estimate of drug-likeness (QED) is 0.387. The number of hydrogen-bond donors (Lipinski definition) is 0. The van der Waals surface area contributed by atoms with Gasteiger partial charge < -0.3 is 4.43 Å². The molecule has 0 N–H and O–H groups in total. The van der Waals surface area contributed by atoms with Crippen LogP contribution in [0.25, 0.3) is 0 Å². The fraction of sp³-hybridized carbons (Fsp3) is 0.444. The first-order valence-electron chi connectivity index (χ1n) is 7.34. The van der Waals surface area contributed by atoms with E-state index in [9.17, 15) is 0 Å². The van der Waals surface area contributed by atoms with Crippen LogP contribution < -0.4 is 0 Å².